The molecule has 1 aliphatic heterocycles. The van der Waals surface area contributed by atoms with Crippen LogP contribution >= 0.6 is 15.9 Å². The lowest BCUT2D eigenvalue weighted by Crippen LogP contribution is -2.56. The van der Waals surface area contributed by atoms with Crippen LogP contribution in [-0.4, -0.2) is 65.3 Å². The van der Waals surface area contributed by atoms with E-state index in [0.29, 0.717) is 0 Å². The predicted octanol–water partition coefficient (Wildman–Crippen LogP) is 1.98. The second-order valence-corrected chi connectivity index (χ2v) is 8.50. The van der Waals surface area contributed by atoms with Crippen molar-refractivity contribution in [1.29, 1.82) is 0 Å². The van der Waals surface area contributed by atoms with Crippen LogP contribution in [0, 0.1) is 11.6 Å². The van der Waals surface area contributed by atoms with Gasteiger partial charge in [0.25, 0.3) is 11.8 Å². The molecule has 3 atom stereocenters. The van der Waals surface area contributed by atoms with Crippen molar-refractivity contribution in [3.8, 4) is 0 Å². The predicted molar refractivity (Wildman–Crippen MR) is 118 cm³/mol. The van der Waals surface area contributed by atoms with Crippen molar-refractivity contribution in [3.05, 3.63) is 64.1 Å². The van der Waals surface area contributed by atoms with Crippen LogP contribution in [0.3, 0.4) is 0 Å². The topological polar surface area (TPSA) is 93.1 Å². The number of aliphatic hydroxyl groups is 2. The Morgan fingerprint density at radius 3 is 2.22 bits per heavy atom. The van der Waals surface area contributed by atoms with Crippen molar-refractivity contribution in [3.63, 3.8) is 0 Å². The van der Waals surface area contributed by atoms with Crippen molar-refractivity contribution in [1.82, 2.24) is 10.2 Å². The van der Waals surface area contributed by atoms with Gasteiger partial charge in [0.15, 0.2) is 12.2 Å². The van der Waals surface area contributed by atoms with Crippen LogP contribution in [0.15, 0.2) is 46.9 Å². The molecule has 0 unspecified atom stereocenters. The third-order valence-electron chi connectivity index (χ3n) is 5.39. The zero-order chi connectivity index (χ0) is 23.4. The van der Waals surface area contributed by atoms with Crippen LogP contribution in [0.25, 0.3) is 0 Å². The van der Waals surface area contributed by atoms with Crippen molar-refractivity contribution in [2.24, 2.45) is 0 Å². The van der Waals surface area contributed by atoms with Crippen LogP contribution < -0.4 is 10.2 Å². The molecule has 32 heavy (non-hydrogen) atoms. The van der Waals surface area contributed by atoms with Crippen molar-refractivity contribution < 1.29 is 28.6 Å². The summed E-state index contributed by atoms with van der Waals surface area (Å²) in [5, 5.41) is 23.0. The number of piperazine rings is 1. The number of carbonyl (C=O) groups is 2. The van der Waals surface area contributed by atoms with Crippen LogP contribution in [0.4, 0.5) is 14.5 Å². The van der Waals surface area contributed by atoms with Crippen LogP contribution in [-0.2, 0) is 9.59 Å². The second-order valence-electron chi connectivity index (χ2n) is 7.58. The number of benzene rings is 2. The monoisotopic (exact) mass is 511 g/mol. The largest absolute Gasteiger partial charge is 0.380 e. The first-order valence-corrected chi connectivity index (χ1v) is 10.9. The molecule has 7 nitrogen and oxygen atoms in total. The van der Waals surface area contributed by atoms with Gasteiger partial charge in [0.2, 0.25) is 0 Å². The van der Waals surface area contributed by atoms with Crippen LogP contribution in [0.5, 0.6) is 0 Å². The molecule has 1 heterocycles. The lowest BCUT2D eigenvalue weighted by molar-refractivity contribution is -0.153. The number of carbonyl (C=O) groups excluding carboxylic acids is 2. The maximum atomic E-state index is 14.0. The summed E-state index contributed by atoms with van der Waals surface area (Å²) in [5.41, 5.74) is 1.01. The SMILES string of the molecule is C[C@H](NC(=O)[C@H](O)[C@@H](O)C(=O)N1CCN(c2ccc(F)cc2F)CC1)c1ccc(Br)cc1. The highest BCUT2D eigenvalue weighted by molar-refractivity contribution is 9.10. The van der Waals surface area contributed by atoms with Crippen LogP contribution in [0.1, 0.15) is 18.5 Å². The minimum absolute atomic E-state index is 0.149. The van der Waals surface area contributed by atoms with E-state index < -0.39 is 41.7 Å². The number of hydrogen-bond acceptors (Lipinski definition) is 5. The number of aliphatic hydroxyl groups excluding tert-OH is 2. The number of nitrogens with one attached hydrogen (secondary N) is 1. The number of halogens is 3. The molecule has 0 spiro atoms. The Hall–Kier alpha value is -2.56. The number of rotatable bonds is 6. The van der Waals surface area contributed by atoms with Crippen molar-refractivity contribution in [2.75, 3.05) is 31.1 Å². The van der Waals surface area contributed by atoms with Crippen molar-refractivity contribution in [2.45, 2.75) is 25.2 Å². The number of anilines is 1. The lowest BCUT2D eigenvalue weighted by atomic mass is 10.1. The Bertz CT molecular complexity index is 968. The van der Waals surface area contributed by atoms with E-state index in [2.05, 4.69) is 21.2 Å². The number of nitrogens with zero attached hydrogens (tertiary/aromatic N) is 2. The molecule has 3 rings (SSSR count). The molecule has 1 fully saturated rings. The summed E-state index contributed by atoms with van der Waals surface area (Å²) in [5.74, 6) is -3.03. The molecule has 172 valence electrons. The van der Waals surface area contributed by atoms with Gasteiger partial charge in [0.05, 0.1) is 11.7 Å². The molecule has 0 aromatic heterocycles. The van der Waals surface area contributed by atoms with Gasteiger partial charge in [-0.15, -0.1) is 0 Å². The second kappa shape index (κ2) is 10.4. The maximum absolute atomic E-state index is 14.0. The summed E-state index contributed by atoms with van der Waals surface area (Å²) in [4.78, 5) is 27.9. The average Bonchev–Trinajstić information content (AvgIpc) is 2.78. The molecule has 1 aliphatic rings. The third kappa shape index (κ3) is 5.62. The summed E-state index contributed by atoms with van der Waals surface area (Å²) in [6.07, 6.45) is -3.87. The third-order valence-corrected chi connectivity index (χ3v) is 5.92. The van der Waals surface area contributed by atoms with Gasteiger partial charge in [0.1, 0.15) is 11.6 Å². The van der Waals surface area contributed by atoms with Gasteiger partial charge >= 0.3 is 0 Å². The highest BCUT2D eigenvalue weighted by Gasteiger charge is 2.35. The van der Waals surface area contributed by atoms with E-state index in [0.717, 1.165) is 22.2 Å². The smallest absolute Gasteiger partial charge is 0.254 e. The van der Waals surface area contributed by atoms with Crippen molar-refractivity contribution >= 4 is 33.4 Å². The fourth-order valence-electron chi connectivity index (χ4n) is 3.50. The Balaban J connectivity index is 1.54. The highest BCUT2D eigenvalue weighted by atomic mass is 79.9. The van der Waals surface area contributed by atoms with E-state index in [4.69, 9.17) is 0 Å². The first kappa shape index (κ1) is 24.1. The molecule has 2 amide bonds. The Kier molecular flexibility index (Phi) is 7.81. The summed E-state index contributed by atoms with van der Waals surface area (Å²) in [7, 11) is 0. The average molecular weight is 512 g/mol. The van der Waals surface area contributed by atoms with Gasteiger partial charge in [-0.1, -0.05) is 28.1 Å². The molecule has 1 saturated heterocycles. The molecule has 2 aromatic rings. The molecule has 0 saturated carbocycles. The minimum Gasteiger partial charge on any atom is -0.380 e. The first-order chi connectivity index (χ1) is 15.2. The van der Waals surface area contributed by atoms with E-state index in [1.165, 1.54) is 11.0 Å². The van der Waals surface area contributed by atoms with Gasteiger partial charge in [0, 0.05) is 36.7 Å². The van der Waals surface area contributed by atoms with Crippen LogP contribution in [0.2, 0.25) is 0 Å². The van der Waals surface area contributed by atoms with E-state index in [1.54, 1.807) is 24.0 Å². The van der Waals surface area contributed by atoms with E-state index in [9.17, 15) is 28.6 Å². The first-order valence-electron chi connectivity index (χ1n) is 10.1. The molecule has 0 aliphatic carbocycles. The fourth-order valence-corrected chi connectivity index (χ4v) is 3.77. The molecule has 2 aromatic carbocycles. The summed E-state index contributed by atoms with van der Waals surface area (Å²) in [6, 6.07) is 10.1. The summed E-state index contributed by atoms with van der Waals surface area (Å²) >= 11 is 3.33. The lowest BCUT2D eigenvalue weighted by Gasteiger charge is -2.37. The zero-order valence-corrected chi connectivity index (χ0v) is 18.9. The van der Waals surface area contributed by atoms with Gasteiger partial charge in [-0.2, -0.15) is 0 Å². The van der Waals surface area contributed by atoms with Gasteiger partial charge in [-0.3, -0.25) is 9.59 Å². The Morgan fingerprint density at radius 2 is 1.62 bits per heavy atom. The van der Waals surface area contributed by atoms with E-state index in [1.807, 2.05) is 12.1 Å². The normalized spacial score (nSPS) is 16.9. The van der Waals surface area contributed by atoms with Gasteiger partial charge in [-0.05, 0) is 36.8 Å². The summed E-state index contributed by atoms with van der Waals surface area (Å²) < 4.78 is 28.0. The van der Waals surface area contributed by atoms with Gasteiger partial charge in [-0.25, -0.2) is 8.78 Å². The summed E-state index contributed by atoms with van der Waals surface area (Å²) in [6.45, 7) is 2.52. The zero-order valence-electron chi connectivity index (χ0n) is 17.3. The highest BCUT2D eigenvalue weighted by Crippen LogP contribution is 2.22. The molecular weight excluding hydrogens is 488 g/mol. The number of amides is 2. The molecule has 10 heteroatoms. The molecule has 0 bridgehead atoms. The maximum Gasteiger partial charge on any atom is 0.254 e. The van der Waals surface area contributed by atoms with E-state index >= 15 is 0 Å². The minimum atomic E-state index is -1.94. The standard InChI is InChI=1S/C22H24BrF2N3O4/c1-13(14-2-4-15(23)5-3-14)26-21(31)19(29)20(30)22(32)28-10-8-27(9-11-28)18-7-6-16(24)12-17(18)25/h2-7,12-13,19-20,29-30H,8-11H2,1H3,(H,26,31)/t13-,19+,20+/m0/s1. The molecular formula is C22H24BrF2N3O4. The van der Waals surface area contributed by atoms with Gasteiger partial charge < -0.3 is 25.3 Å². The number of hydrogen-bond donors (Lipinski definition) is 3. The Morgan fingerprint density at radius 1 is 1.00 bits per heavy atom. The quantitative estimate of drug-likeness (QED) is 0.551. The Labute approximate surface area is 192 Å². The molecule has 3 N–H and O–H groups in total. The molecule has 0 radical (unpaired) electrons. The fraction of sp³-hybridized carbons (Fsp3) is 0.364. The van der Waals surface area contributed by atoms with E-state index in [-0.39, 0.29) is 31.9 Å².